The molecule has 0 aliphatic heterocycles. The highest BCUT2D eigenvalue weighted by Gasteiger charge is 2.14. The maximum Gasteiger partial charge on any atom is 0.0128 e. The van der Waals surface area contributed by atoms with Gasteiger partial charge in [0.25, 0.3) is 0 Å². The lowest BCUT2D eigenvalue weighted by Gasteiger charge is -2.23. The zero-order chi connectivity index (χ0) is 26.4. The van der Waals surface area contributed by atoms with Crippen LogP contribution in [0.25, 0.3) is 22.3 Å². The van der Waals surface area contributed by atoms with E-state index in [1.54, 1.807) is 0 Å². The first-order valence-electron chi connectivity index (χ1n) is 13.2. The van der Waals surface area contributed by atoms with Crippen molar-refractivity contribution < 1.29 is 0 Å². The maximum atomic E-state index is 2.34. The summed E-state index contributed by atoms with van der Waals surface area (Å²) in [6, 6.07) is 57.2. The van der Waals surface area contributed by atoms with Crippen LogP contribution >= 0.6 is 22.7 Å². The highest BCUT2D eigenvalue weighted by Crippen LogP contribution is 2.51. The molecule has 0 unspecified atom stereocenters. The Morgan fingerprint density at radius 2 is 0.897 bits per heavy atom. The number of hydrogen-bond donors (Lipinski definition) is 1. The van der Waals surface area contributed by atoms with Crippen LogP contribution in [0.3, 0.4) is 0 Å². The Bertz CT molecular complexity index is 1620. The van der Waals surface area contributed by atoms with Crippen molar-refractivity contribution in [3.05, 3.63) is 163 Å². The molecule has 6 aromatic rings. The molecule has 6 rings (SSSR count). The van der Waals surface area contributed by atoms with E-state index in [1.165, 1.54) is 52.3 Å². The van der Waals surface area contributed by atoms with Crippen LogP contribution in [0.15, 0.2) is 182 Å². The van der Waals surface area contributed by atoms with E-state index in [0.29, 0.717) is 0 Å². The van der Waals surface area contributed by atoms with E-state index in [1.807, 2.05) is 11.8 Å². The van der Waals surface area contributed by atoms with Gasteiger partial charge in [0.2, 0.25) is 0 Å². The molecule has 0 aromatic heterocycles. The third-order valence-electron chi connectivity index (χ3n) is 6.87. The molecule has 0 atom stereocenters. The van der Waals surface area contributed by atoms with Crippen LogP contribution in [0.1, 0.15) is 5.56 Å². The Hall–Kier alpha value is -3.98. The zero-order valence-corrected chi connectivity index (χ0v) is 23.6. The molecule has 6 aromatic carbocycles. The van der Waals surface area contributed by atoms with Gasteiger partial charge in [0, 0.05) is 9.79 Å². The van der Waals surface area contributed by atoms with Crippen molar-refractivity contribution in [3.63, 3.8) is 0 Å². The Morgan fingerprint density at radius 3 is 1.51 bits per heavy atom. The molecule has 2 heteroatoms. The Kier molecular flexibility index (Phi) is 7.67. The van der Waals surface area contributed by atoms with Crippen LogP contribution in [0.2, 0.25) is 0 Å². The summed E-state index contributed by atoms with van der Waals surface area (Å²) in [5.74, 6) is 0. The molecule has 0 radical (unpaired) electrons. The third kappa shape index (κ3) is 5.73. The van der Waals surface area contributed by atoms with E-state index < -0.39 is 10.9 Å². The van der Waals surface area contributed by atoms with Crippen LogP contribution in [-0.2, 0) is 0 Å². The van der Waals surface area contributed by atoms with Crippen molar-refractivity contribution in [1.82, 2.24) is 0 Å². The molecular weight excluding hydrogens is 509 g/mol. The quantitative estimate of drug-likeness (QED) is 0.197. The van der Waals surface area contributed by atoms with E-state index in [2.05, 4.69) is 165 Å². The summed E-state index contributed by atoms with van der Waals surface area (Å²) >= 11 is 1.83. The minimum atomic E-state index is -0.593. The van der Waals surface area contributed by atoms with Gasteiger partial charge in [-0.05, 0) is 110 Å². The standard InChI is InChI=1S/C37H30S2/c1-28-21-22-31(27-37(28)36-20-12-11-19-35(36)29-13-5-2-6-14-29)38-30-23-25-34(26-24-30)39(32-15-7-3-8-16-32)33-17-9-4-10-18-33/h2-27,39H,1H3. The smallest absolute Gasteiger partial charge is 0.0128 e. The molecule has 0 nitrogen and oxygen atoms in total. The van der Waals surface area contributed by atoms with Gasteiger partial charge in [-0.1, -0.05) is 109 Å². The molecular formula is C37H30S2. The van der Waals surface area contributed by atoms with Gasteiger partial charge >= 0.3 is 0 Å². The summed E-state index contributed by atoms with van der Waals surface area (Å²) in [7, 11) is -0.593. The summed E-state index contributed by atoms with van der Waals surface area (Å²) in [5, 5.41) is 0. The summed E-state index contributed by atoms with van der Waals surface area (Å²) in [6.07, 6.45) is 0. The molecule has 0 fully saturated rings. The Balaban J connectivity index is 1.30. The second kappa shape index (κ2) is 11.8. The molecule has 0 amide bonds. The molecule has 39 heavy (non-hydrogen) atoms. The summed E-state index contributed by atoms with van der Waals surface area (Å²) in [5.41, 5.74) is 6.36. The van der Waals surface area contributed by atoms with Crippen LogP contribution in [0, 0.1) is 6.92 Å². The largest absolute Gasteiger partial charge is 0.173 e. The molecule has 0 aliphatic rings. The highest BCUT2D eigenvalue weighted by molar-refractivity contribution is 8.17. The fourth-order valence-corrected chi connectivity index (χ4v) is 8.08. The van der Waals surface area contributed by atoms with E-state index in [4.69, 9.17) is 0 Å². The lowest BCUT2D eigenvalue weighted by molar-refractivity contribution is 1.29. The monoisotopic (exact) mass is 538 g/mol. The van der Waals surface area contributed by atoms with Crippen LogP contribution in [0.5, 0.6) is 0 Å². The fourth-order valence-electron chi connectivity index (χ4n) is 4.94. The summed E-state index contributed by atoms with van der Waals surface area (Å²) < 4.78 is 0. The second-order valence-electron chi connectivity index (χ2n) is 9.49. The van der Waals surface area contributed by atoms with Crippen LogP contribution < -0.4 is 0 Å². The number of aryl methyl sites for hydroxylation is 1. The highest BCUT2D eigenvalue weighted by atomic mass is 32.2. The van der Waals surface area contributed by atoms with Gasteiger partial charge in [-0.3, -0.25) is 0 Å². The van der Waals surface area contributed by atoms with Gasteiger partial charge in [-0.2, -0.15) is 10.9 Å². The lowest BCUT2D eigenvalue weighted by atomic mass is 9.92. The van der Waals surface area contributed by atoms with E-state index in [9.17, 15) is 0 Å². The van der Waals surface area contributed by atoms with Crippen molar-refractivity contribution >= 4 is 22.7 Å². The summed E-state index contributed by atoms with van der Waals surface area (Å²) in [6.45, 7) is 2.20. The molecule has 190 valence electrons. The first-order valence-corrected chi connectivity index (χ1v) is 15.4. The average Bonchev–Trinajstić information content (AvgIpc) is 3.01. The second-order valence-corrected chi connectivity index (χ2v) is 12.9. The minimum absolute atomic E-state index is 0.593. The minimum Gasteiger partial charge on any atom is -0.173 e. The molecule has 0 saturated heterocycles. The van der Waals surface area contributed by atoms with Crippen molar-refractivity contribution in [2.45, 2.75) is 31.4 Å². The molecule has 0 N–H and O–H groups in total. The van der Waals surface area contributed by atoms with E-state index in [0.717, 1.165) is 0 Å². The Labute approximate surface area is 238 Å². The molecule has 0 aliphatic carbocycles. The fraction of sp³-hybridized carbons (Fsp3) is 0.0270. The normalized spacial score (nSPS) is 11.3. The molecule has 0 heterocycles. The van der Waals surface area contributed by atoms with Gasteiger partial charge < -0.3 is 0 Å². The lowest BCUT2D eigenvalue weighted by Crippen LogP contribution is -1.89. The number of benzene rings is 6. The molecule has 0 saturated carbocycles. The third-order valence-corrected chi connectivity index (χ3v) is 10.3. The van der Waals surface area contributed by atoms with Crippen molar-refractivity contribution in [1.29, 1.82) is 0 Å². The predicted molar refractivity (Wildman–Crippen MR) is 169 cm³/mol. The maximum absolute atomic E-state index is 2.34. The summed E-state index contributed by atoms with van der Waals surface area (Å²) in [4.78, 5) is 6.62. The first-order chi connectivity index (χ1) is 19.3. The average molecular weight is 539 g/mol. The first kappa shape index (κ1) is 25.3. The van der Waals surface area contributed by atoms with Crippen molar-refractivity contribution in [3.8, 4) is 22.3 Å². The van der Waals surface area contributed by atoms with E-state index >= 15 is 0 Å². The van der Waals surface area contributed by atoms with Crippen LogP contribution in [0.4, 0.5) is 0 Å². The zero-order valence-electron chi connectivity index (χ0n) is 21.9. The topological polar surface area (TPSA) is 0 Å². The van der Waals surface area contributed by atoms with Crippen LogP contribution in [-0.4, -0.2) is 0 Å². The Morgan fingerprint density at radius 1 is 0.410 bits per heavy atom. The van der Waals surface area contributed by atoms with Gasteiger partial charge in [0.05, 0.1) is 0 Å². The SMILES string of the molecule is Cc1ccc(Sc2ccc([SH](c3ccccc3)c3ccccc3)cc2)cc1-c1ccccc1-c1ccccc1. The number of thiol groups is 1. The van der Waals surface area contributed by atoms with E-state index in [-0.39, 0.29) is 0 Å². The van der Waals surface area contributed by atoms with Gasteiger partial charge in [-0.25, -0.2) is 0 Å². The van der Waals surface area contributed by atoms with Crippen molar-refractivity contribution in [2.24, 2.45) is 0 Å². The molecule has 0 spiro atoms. The predicted octanol–water partition coefficient (Wildman–Crippen LogP) is 11.0. The van der Waals surface area contributed by atoms with Gasteiger partial charge in [-0.15, -0.1) is 0 Å². The van der Waals surface area contributed by atoms with Gasteiger partial charge in [0.1, 0.15) is 0 Å². The van der Waals surface area contributed by atoms with Gasteiger partial charge in [0.15, 0.2) is 0 Å². The number of rotatable bonds is 7. The number of hydrogen-bond acceptors (Lipinski definition) is 1. The molecule has 0 bridgehead atoms. The van der Waals surface area contributed by atoms with Crippen molar-refractivity contribution in [2.75, 3.05) is 0 Å².